The van der Waals surface area contributed by atoms with Gasteiger partial charge in [0.1, 0.15) is 5.78 Å². The largest absolute Gasteiger partial charge is 0.330 e. The number of rotatable bonds is 5. The molecule has 3 aromatic rings. The van der Waals surface area contributed by atoms with Gasteiger partial charge in [0.15, 0.2) is 0 Å². The van der Waals surface area contributed by atoms with E-state index in [9.17, 15) is 4.79 Å². The topological polar surface area (TPSA) is 91.6 Å². The van der Waals surface area contributed by atoms with Crippen molar-refractivity contribution in [3.63, 3.8) is 0 Å². The van der Waals surface area contributed by atoms with Gasteiger partial charge < -0.3 is 5.73 Å². The molecule has 0 unspecified atom stereocenters. The first kappa shape index (κ1) is 18.2. The lowest BCUT2D eigenvalue weighted by Crippen LogP contribution is -2.32. The molecule has 0 radical (unpaired) electrons. The number of carbonyl (C=O) groups excluding carboxylic acids is 1. The summed E-state index contributed by atoms with van der Waals surface area (Å²) in [7, 11) is 0. The Labute approximate surface area is 175 Å². The van der Waals surface area contributed by atoms with E-state index in [-0.39, 0.29) is 0 Å². The number of carbonyl (C=O) groups is 1. The summed E-state index contributed by atoms with van der Waals surface area (Å²) < 4.78 is 4.29. The molecule has 0 amide bonds. The van der Waals surface area contributed by atoms with Gasteiger partial charge in [-0.05, 0) is 57.1 Å². The molecule has 2 N–H and O–H groups in total. The van der Waals surface area contributed by atoms with Crippen LogP contribution in [0.25, 0.3) is 22.2 Å². The maximum absolute atomic E-state index is 11.7. The van der Waals surface area contributed by atoms with Crippen LogP contribution in [0, 0.1) is 5.92 Å². The molecule has 3 saturated carbocycles. The first-order valence-electron chi connectivity index (χ1n) is 11.3. The minimum Gasteiger partial charge on any atom is -0.330 e. The van der Waals surface area contributed by atoms with Crippen molar-refractivity contribution in [2.24, 2.45) is 11.7 Å². The molecule has 6 rings (SSSR count). The number of nitrogens with two attached hydrogens (primary N) is 1. The predicted octanol–water partition coefficient (Wildman–Crippen LogP) is 3.77. The fraction of sp³-hybridized carbons (Fsp3) is 0.565. The molecule has 0 aromatic carbocycles. The van der Waals surface area contributed by atoms with E-state index in [1.807, 2.05) is 12.4 Å². The van der Waals surface area contributed by atoms with Gasteiger partial charge in [-0.25, -0.2) is 0 Å². The van der Waals surface area contributed by atoms with Gasteiger partial charge in [0.05, 0.1) is 35.2 Å². The Hall–Kier alpha value is -2.54. The van der Waals surface area contributed by atoms with Crippen LogP contribution in [0.1, 0.15) is 75.1 Å². The molecule has 0 spiro atoms. The zero-order chi connectivity index (χ0) is 20.2. The van der Waals surface area contributed by atoms with Gasteiger partial charge in [0.2, 0.25) is 0 Å². The van der Waals surface area contributed by atoms with Crippen LogP contribution in [0.5, 0.6) is 0 Å². The van der Waals surface area contributed by atoms with Gasteiger partial charge in [0, 0.05) is 42.1 Å². The molecule has 3 aliphatic rings. The van der Waals surface area contributed by atoms with Crippen LogP contribution in [0.2, 0.25) is 0 Å². The number of fused-ring (bicyclic) bond motifs is 1. The first-order chi connectivity index (χ1) is 14.7. The Kier molecular flexibility index (Phi) is 4.26. The summed E-state index contributed by atoms with van der Waals surface area (Å²) in [6.45, 7) is 0.773. The highest BCUT2D eigenvalue weighted by Gasteiger charge is 2.34. The molecule has 0 atom stereocenters. The molecule has 7 heteroatoms. The van der Waals surface area contributed by atoms with Crippen molar-refractivity contribution in [1.29, 1.82) is 0 Å². The lowest BCUT2D eigenvalue weighted by Gasteiger charge is -2.34. The van der Waals surface area contributed by atoms with Crippen molar-refractivity contribution < 1.29 is 4.79 Å². The number of hydrogen-bond acceptors (Lipinski definition) is 5. The van der Waals surface area contributed by atoms with Crippen molar-refractivity contribution in [2.75, 3.05) is 6.54 Å². The van der Waals surface area contributed by atoms with Crippen LogP contribution in [-0.4, -0.2) is 36.9 Å². The van der Waals surface area contributed by atoms with Crippen molar-refractivity contribution in [3.05, 3.63) is 30.4 Å². The van der Waals surface area contributed by atoms with Crippen LogP contribution in [-0.2, 0) is 4.79 Å². The van der Waals surface area contributed by atoms with E-state index in [2.05, 4.69) is 26.7 Å². The third kappa shape index (κ3) is 3.07. The Morgan fingerprint density at radius 3 is 2.60 bits per heavy atom. The van der Waals surface area contributed by atoms with Gasteiger partial charge in [-0.2, -0.15) is 10.2 Å². The minimum absolute atomic E-state index is 0.296. The van der Waals surface area contributed by atoms with E-state index in [1.54, 1.807) is 0 Å². The summed E-state index contributed by atoms with van der Waals surface area (Å²) in [4.78, 5) is 16.4. The van der Waals surface area contributed by atoms with Gasteiger partial charge >= 0.3 is 0 Å². The van der Waals surface area contributed by atoms with Crippen LogP contribution < -0.4 is 5.73 Å². The van der Waals surface area contributed by atoms with Gasteiger partial charge in [-0.1, -0.05) is 0 Å². The van der Waals surface area contributed by atoms with Crippen molar-refractivity contribution >= 4 is 16.7 Å². The normalized spacial score (nSPS) is 25.0. The molecule has 3 fully saturated rings. The smallest absolute Gasteiger partial charge is 0.133 e. The fourth-order valence-corrected chi connectivity index (χ4v) is 5.10. The molecule has 7 nitrogen and oxygen atoms in total. The van der Waals surface area contributed by atoms with Gasteiger partial charge in [-0.15, -0.1) is 0 Å². The van der Waals surface area contributed by atoms with Crippen LogP contribution in [0.15, 0.2) is 24.7 Å². The zero-order valence-corrected chi connectivity index (χ0v) is 17.2. The second-order valence-electron chi connectivity index (χ2n) is 9.40. The fourth-order valence-electron chi connectivity index (χ4n) is 5.10. The Bertz CT molecular complexity index is 1090. The zero-order valence-electron chi connectivity index (χ0n) is 17.2. The third-order valence-corrected chi connectivity index (χ3v) is 7.26. The Morgan fingerprint density at radius 2 is 1.87 bits per heavy atom. The molecular weight excluding hydrogens is 376 g/mol. The van der Waals surface area contributed by atoms with E-state index in [1.165, 1.54) is 24.1 Å². The van der Waals surface area contributed by atoms with Gasteiger partial charge in [0.25, 0.3) is 0 Å². The SMILES string of the molecule is NCC1CC(n2cc(-c3cc4c(cn3)cnn4C3CCC(=O)CC3)c(C3CC3)n2)C1. The number of Topliss-reactive ketones (excluding diaryl/α,β-unsaturated/α-hetero) is 1. The summed E-state index contributed by atoms with van der Waals surface area (Å²) in [5.41, 5.74) is 10.3. The number of ketones is 1. The van der Waals surface area contributed by atoms with E-state index in [0.29, 0.717) is 42.5 Å². The minimum atomic E-state index is 0.296. The van der Waals surface area contributed by atoms with E-state index in [0.717, 1.165) is 48.8 Å². The van der Waals surface area contributed by atoms with Gasteiger partial charge in [-0.3, -0.25) is 19.1 Å². The second-order valence-corrected chi connectivity index (χ2v) is 9.40. The number of nitrogens with zero attached hydrogens (tertiary/aromatic N) is 5. The summed E-state index contributed by atoms with van der Waals surface area (Å²) >= 11 is 0. The lowest BCUT2D eigenvalue weighted by atomic mass is 9.80. The number of hydrogen-bond donors (Lipinski definition) is 1. The number of pyridine rings is 1. The third-order valence-electron chi connectivity index (χ3n) is 7.26. The molecule has 156 valence electrons. The van der Waals surface area contributed by atoms with Crippen molar-refractivity contribution in [3.8, 4) is 11.3 Å². The molecule has 3 heterocycles. The summed E-state index contributed by atoms with van der Waals surface area (Å²) in [5.74, 6) is 1.58. The highest BCUT2D eigenvalue weighted by molar-refractivity contribution is 5.83. The maximum atomic E-state index is 11.7. The summed E-state index contributed by atoms with van der Waals surface area (Å²) in [6.07, 6.45) is 13.8. The molecule has 0 aliphatic heterocycles. The quantitative estimate of drug-likeness (QED) is 0.699. The molecule has 0 bridgehead atoms. The summed E-state index contributed by atoms with van der Waals surface area (Å²) in [6, 6.07) is 2.94. The average Bonchev–Trinajstić information content (AvgIpc) is 3.34. The molecule has 3 aliphatic carbocycles. The number of aromatic nitrogens is 5. The van der Waals surface area contributed by atoms with E-state index < -0.39 is 0 Å². The summed E-state index contributed by atoms with van der Waals surface area (Å²) in [5, 5.41) is 10.7. The highest BCUT2D eigenvalue weighted by Crippen LogP contribution is 2.45. The second kappa shape index (κ2) is 7.01. The van der Waals surface area contributed by atoms with Crippen LogP contribution in [0.3, 0.4) is 0 Å². The van der Waals surface area contributed by atoms with Crippen LogP contribution in [0.4, 0.5) is 0 Å². The van der Waals surface area contributed by atoms with Crippen molar-refractivity contribution in [1.82, 2.24) is 24.5 Å². The van der Waals surface area contributed by atoms with E-state index in [4.69, 9.17) is 15.8 Å². The first-order valence-corrected chi connectivity index (χ1v) is 11.3. The Morgan fingerprint density at radius 1 is 1.07 bits per heavy atom. The lowest BCUT2D eigenvalue weighted by molar-refractivity contribution is -0.120. The van der Waals surface area contributed by atoms with Crippen LogP contribution >= 0.6 is 0 Å². The highest BCUT2D eigenvalue weighted by atomic mass is 16.1. The molecule has 3 aromatic heterocycles. The maximum Gasteiger partial charge on any atom is 0.133 e. The standard InChI is InChI=1S/C23H28N6O/c24-10-14-7-18(8-14)28-13-20(23(27-28)15-1-2-15)21-9-22-16(11-25-21)12-26-29(22)17-3-5-19(30)6-4-17/h9,11-15,17-18H,1-8,10,24H2. The monoisotopic (exact) mass is 404 g/mol. The Balaban J connectivity index is 1.36. The average molecular weight is 405 g/mol. The molecule has 0 saturated heterocycles. The van der Waals surface area contributed by atoms with E-state index >= 15 is 0 Å². The molecular formula is C23H28N6O. The predicted molar refractivity (Wildman–Crippen MR) is 114 cm³/mol. The van der Waals surface area contributed by atoms with Crippen molar-refractivity contribution in [2.45, 2.75) is 69.4 Å². The molecule has 30 heavy (non-hydrogen) atoms.